The zero-order chi connectivity index (χ0) is 18.5. The van der Waals surface area contributed by atoms with Crippen LogP contribution in [0.3, 0.4) is 0 Å². The number of hydrogen-bond donors (Lipinski definition) is 2. The zero-order valence-electron chi connectivity index (χ0n) is 15.2. The van der Waals surface area contributed by atoms with Gasteiger partial charge >= 0.3 is 0 Å². The molecule has 0 radical (unpaired) electrons. The van der Waals surface area contributed by atoms with Gasteiger partial charge in [-0.3, -0.25) is 18.9 Å². The average Bonchev–Trinajstić information content (AvgIpc) is 3.02. The van der Waals surface area contributed by atoms with Crippen molar-refractivity contribution in [3.63, 3.8) is 0 Å². The fourth-order valence-corrected chi connectivity index (χ4v) is 2.93. The summed E-state index contributed by atoms with van der Waals surface area (Å²) in [7, 11) is 0. The van der Waals surface area contributed by atoms with E-state index in [1.54, 1.807) is 22.7 Å². The highest BCUT2D eigenvalue weighted by molar-refractivity contribution is 6.02. The molecule has 0 bridgehead atoms. The molecule has 3 rings (SSSR count). The summed E-state index contributed by atoms with van der Waals surface area (Å²) >= 11 is 0. The van der Waals surface area contributed by atoms with Gasteiger partial charge in [-0.15, -0.1) is 0 Å². The summed E-state index contributed by atoms with van der Waals surface area (Å²) in [6, 6.07) is 5.41. The van der Waals surface area contributed by atoms with Gasteiger partial charge in [0.2, 0.25) is 5.82 Å². The number of amides is 2. The monoisotopic (exact) mass is 359 g/mol. The van der Waals surface area contributed by atoms with Gasteiger partial charge in [-0.05, 0) is 26.0 Å². The molecule has 1 saturated heterocycles. The lowest BCUT2D eigenvalue weighted by Gasteiger charge is -2.26. The number of imidazole rings is 1. The number of nitrogens with zero attached hydrogens (tertiary/aromatic N) is 3. The number of ether oxygens (including phenoxy) is 1. The largest absolute Gasteiger partial charge is 0.379 e. The Balaban J connectivity index is 1.72. The van der Waals surface area contributed by atoms with Gasteiger partial charge in [0, 0.05) is 38.4 Å². The lowest BCUT2D eigenvalue weighted by atomic mass is 10.3. The van der Waals surface area contributed by atoms with E-state index in [9.17, 15) is 9.59 Å². The van der Waals surface area contributed by atoms with Crippen LogP contribution in [0, 0.1) is 0 Å². The van der Waals surface area contributed by atoms with Gasteiger partial charge in [0.15, 0.2) is 5.69 Å². The molecule has 0 saturated carbocycles. The molecule has 1 aliphatic rings. The van der Waals surface area contributed by atoms with Gasteiger partial charge in [0.1, 0.15) is 0 Å². The summed E-state index contributed by atoms with van der Waals surface area (Å²) in [5.41, 5.74) is 0.881. The molecule has 2 aromatic heterocycles. The summed E-state index contributed by atoms with van der Waals surface area (Å²) < 4.78 is 6.96. The summed E-state index contributed by atoms with van der Waals surface area (Å²) in [6.45, 7) is 8.27. The first-order chi connectivity index (χ1) is 12.6. The first kappa shape index (κ1) is 18.3. The number of carbonyl (C=O) groups is 2. The van der Waals surface area contributed by atoms with Crippen molar-refractivity contribution in [3.05, 3.63) is 35.9 Å². The molecule has 0 spiro atoms. The fraction of sp³-hybridized carbons (Fsp3) is 0.500. The molecule has 0 atom stereocenters. The maximum atomic E-state index is 12.6. The van der Waals surface area contributed by atoms with Crippen LogP contribution in [-0.4, -0.2) is 71.5 Å². The molecule has 2 amide bonds. The topological polar surface area (TPSA) is 88.0 Å². The zero-order valence-corrected chi connectivity index (χ0v) is 15.2. The normalized spacial score (nSPS) is 15.3. The van der Waals surface area contributed by atoms with Crippen LogP contribution in [0.2, 0.25) is 0 Å². The lowest BCUT2D eigenvalue weighted by molar-refractivity contribution is 0.0383. The molecule has 1 fully saturated rings. The standard InChI is InChI=1S/C18H25N5O3/c1-13(2)20-18(25)16-21-15(14-5-3-4-7-23(14)16)17(24)19-6-8-22-9-11-26-12-10-22/h3-5,7,13H,6,8-12H2,1-2H3,(H,19,24)(H,20,25). The highest BCUT2D eigenvalue weighted by Gasteiger charge is 2.21. The third kappa shape index (κ3) is 4.20. The smallest absolute Gasteiger partial charge is 0.287 e. The third-order valence-corrected chi connectivity index (χ3v) is 4.20. The minimum atomic E-state index is -0.298. The predicted octanol–water partition coefficient (Wildman–Crippen LogP) is 0.535. The molecule has 1 aliphatic heterocycles. The Kier molecular flexibility index (Phi) is 5.85. The maximum Gasteiger partial charge on any atom is 0.287 e. The molecule has 0 aliphatic carbocycles. The minimum Gasteiger partial charge on any atom is -0.379 e. The second-order valence-corrected chi connectivity index (χ2v) is 6.58. The summed E-state index contributed by atoms with van der Waals surface area (Å²) in [4.78, 5) is 31.5. The van der Waals surface area contributed by atoms with Crippen molar-refractivity contribution in [1.29, 1.82) is 0 Å². The van der Waals surface area contributed by atoms with E-state index < -0.39 is 0 Å². The summed E-state index contributed by atoms with van der Waals surface area (Å²) in [5.74, 6) is -0.355. The van der Waals surface area contributed by atoms with E-state index in [1.807, 2.05) is 19.9 Å². The van der Waals surface area contributed by atoms with Crippen LogP contribution in [0.4, 0.5) is 0 Å². The number of morpholine rings is 1. The van der Waals surface area contributed by atoms with E-state index in [0.717, 1.165) is 32.8 Å². The highest BCUT2D eigenvalue weighted by Crippen LogP contribution is 2.13. The Hall–Kier alpha value is -2.45. The summed E-state index contributed by atoms with van der Waals surface area (Å²) in [5, 5.41) is 5.72. The Bertz CT molecular complexity index is 780. The molecule has 3 heterocycles. The first-order valence-corrected chi connectivity index (χ1v) is 8.92. The second kappa shape index (κ2) is 8.29. The number of hydrogen-bond acceptors (Lipinski definition) is 5. The quantitative estimate of drug-likeness (QED) is 0.786. The SMILES string of the molecule is CC(C)NC(=O)c1nc(C(=O)NCCN2CCOCC2)c2ccccn12. The number of fused-ring (bicyclic) bond motifs is 1. The fourth-order valence-electron chi connectivity index (χ4n) is 2.93. The van der Waals surface area contributed by atoms with Gasteiger partial charge in [0.25, 0.3) is 11.8 Å². The van der Waals surface area contributed by atoms with Crippen LogP contribution in [0.1, 0.15) is 35.0 Å². The number of aromatic nitrogens is 2. The molecule has 140 valence electrons. The molecular formula is C18H25N5O3. The first-order valence-electron chi connectivity index (χ1n) is 8.92. The Morgan fingerprint density at radius 3 is 2.73 bits per heavy atom. The third-order valence-electron chi connectivity index (χ3n) is 4.20. The molecule has 26 heavy (non-hydrogen) atoms. The molecule has 0 aromatic carbocycles. The van der Waals surface area contributed by atoms with Crippen LogP contribution >= 0.6 is 0 Å². The maximum absolute atomic E-state index is 12.6. The molecular weight excluding hydrogens is 334 g/mol. The van der Waals surface area contributed by atoms with E-state index in [0.29, 0.717) is 12.1 Å². The van der Waals surface area contributed by atoms with Crippen molar-refractivity contribution < 1.29 is 14.3 Å². The van der Waals surface area contributed by atoms with E-state index >= 15 is 0 Å². The molecule has 2 aromatic rings. The van der Waals surface area contributed by atoms with Gasteiger partial charge in [-0.25, -0.2) is 4.98 Å². The molecule has 8 heteroatoms. The van der Waals surface area contributed by atoms with Crippen LogP contribution in [0.25, 0.3) is 5.52 Å². The van der Waals surface area contributed by atoms with Crippen molar-refractivity contribution in [3.8, 4) is 0 Å². The van der Waals surface area contributed by atoms with Crippen LogP contribution in [0.5, 0.6) is 0 Å². The van der Waals surface area contributed by atoms with Crippen molar-refractivity contribution in [2.24, 2.45) is 0 Å². The Labute approximate surface area is 152 Å². The van der Waals surface area contributed by atoms with Gasteiger partial charge in [-0.1, -0.05) is 6.07 Å². The Morgan fingerprint density at radius 1 is 1.23 bits per heavy atom. The number of pyridine rings is 1. The van der Waals surface area contributed by atoms with E-state index in [2.05, 4.69) is 20.5 Å². The van der Waals surface area contributed by atoms with Gasteiger partial charge in [0.05, 0.1) is 18.7 Å². The van der Waals surface area contributed by atoms with E-state index in [1.165, 1.54) is 0 Å². The number of carbonyl (C=O) groups excluding carboxylic acids is 2. The van der Waals surface area contributed by atoms with Crippen molar-refractivity contribution in [2.45, 2.75) is 19.9 Å². The number of rotatable bonds is 6. The van der Waals surface area contributed by atoms with Crippen molar-refractivity contribution in [2.75, 3.05) is 39.4 Å². The minimum absolute atomic E-state index is 0.00985. The molecule has 2 N–H and O–H groups in total. The van der Waals surface area contributed by atoms with E-state index in [4.69, 9.17) is 4.74 Å². The van der Waals surface area contributed by atoms with Crippen LogP contribution in [-0.2, 0) is 4.74 Å². The van der Waals surface area contributed by atoms with Gasteiger partial charge < -0.3 is 15.4 Å². The van der Waals surface area contributed by atoms with Crippen LogP contribution in [0.15, 0.2) is 24.4 Å². The number of nitrogens with one attached hydrogen (secondary N) is 2. The second-order valence-electron chi connectivity index (χ2n) is 6.58. The summed E-state index contributed by atoms with van der Waals surface area (Å²) in [6.07, 6.45) is 1.74. The van der Waals surface area contributed by atoms with E-state index in [-0.39, 0.29) is 29.4 Å². The molecule has 8 nitrogen and oxygen atoms in total. The van der Waals surface area contributed by atoms with Crippen molar-refractivity contribution in [1.82, 2.24) is 24.9 Å². The van der Waals surface area contributed by atoms with Crippen molar-refractivity contribution >= 4 is 17.3 Å². The lowest BCUT2D eigenvalue weighted by Crippen LogP contribution is -2.41. The van der Waals surface area contributed by atoms with Gasteiger partial charge in [-0.2, -0.15) is 0 Å². The molecule has 0 unspecified atom stereocenters. The Morgan fingerprint density at radius 2 is 2.00 bits per heavy atom. The highest BCUT2D eigenvalue weighted by atomic mass is 16.5. The average molecular weight is 359 g/mol. The van der Waals surface area contributed by atoms with Crippen LogP contribution < -0.4 is 10.6 Å². The predicted molar refractivity (Wildman–Crippen MR) is 97.4 cm³/mol.